The molecule has 0 aliphatic heterocycles. The number of aliphatic carboxylic acids is 1. The number of ether oxygens (including phenoxy) is 1. The number of carbonyl (C=O) groups excluding carboxylic acids is 1. The average molecular weight is 412 g/mol. The van der Waals surface area contributed by atoms with Gasteiger partial charge in [-0.1, -0.05) is 60.7 Å². The fourth-order valence-corrected chi connectivity index (χ4v) is 3.94. The molecule has 0 saturated carbocycles. The van der Waals surface area contributed by atoms with Gasteiger partial charge >= 0.3 is 11.9 Å². The van der Waals surface area contributed by atoms with Crippen molar-refractivity contribution in [1.82, 2.24) is 0 Å². The quantitative estimate of drug-likeness (QED) is 0.126. The molecule has 156 valence electrons. The summed E-state index contributed by atoms with van der Waals surface area (Å²) in [5.41, 5.74) is 1.25. The number of hydrogen-bond donors (Lipinski definition) is 1. The van der Waals surface area contributed by atoms with E-state index in [9.17, 15) is 9.59 Å². The molecule has 0 atom stereocenters. The highest BCUT2D eigenvalue weighted by Crippen LogP contribution is 2.32. The minimum absolute atomic E-state index is 0.00131. The van der Waals surface area contributed by atoms with Crippen LogP contribution < -0.4 is 0 Å². The van der Waals surface area contributed by atoms with Crippen LogP contribution in [0.15, 0.2) is 78.9 Å². The topological polar surface area (TPSA) is 63.6 Å². The van der Waals surface area contributed by atoms with Gasteiger partial charge in [-0.15, -0.1) is 0 Å². The molecule has 0 amide bonds. The van der Waals surface area contributed by atoms with Crippen molar-refractivity contribution >= 4 is 44.3 Å². The average Bonchev–Trinajstić information content (AvgIpc) is 2.78. The number of carbonyl (C=O) groups is 2. The third-order valence-corrected chi connectivity index (χ3v) is 5.42. The minimum Gasteiger partial charge on any atom is -0.481 e. The van der Waals surface area contributed by atoms with Crippen molar-refractivity contribution in [2.24, 2.45) is 0 Å². The fraction of sp³-hybridized carbons (Fsp3) is 0.185. The van der Waals surface area contributed by atoms with Crippen LogP contribution in [0.5, 0.6) is 0 Å². The van der Waals surface area contributed by atoms with E-state index in [-0.39, 0.29) is 13.0 Å². The summed E-state index contributed by atoms with van der Waals surface area (Å²) < 4.78 is 5.02. The number of benzene rings is 4. The largest absolute Gasteiger partial charge is 0.481 e. The number of hydrogen-bond acceptors (Lipinski definition) is 3. The Hall–Kier alpha value is -3.66. The summed E-state index contributed by atoms with van der Waals surface area (Å²) in [4.78, 5) is 22.2. The number of carboxylic acid groups (broad SMARTS) is 1. The lowest BCUT2D eigenvalue weighted by molar-refractivity contribution is -0.141. The third kappa shape index (κ3) is 4.92. The predicted octanol–water partition coefficient (Wildman–Crippen LogP) is 6.04. The predicted molar refractivity (Wildman–Crippen MR) is 124 cm³/mol. The second kappa shape index (κ2) is 9.43. The zero-order valence-corrected chi connectivity index (χ0v) is 17.2. The summed E-state index contributed by atoms with van der Waals surface area (Å²) in [5.74, 6) is -1.32. The Labute approximate surface area is 180 Å². The molecule has 0 spiro atoms. The van der Waals surface area contributed by atoms with E-state index in [0.29, 0.717) is 12.8 Å². The maximum Gasteiger partial charge on any atom is 0.330 e. The van der Waals surface area contributed by atoms with E-state index in [1.54, 1.807) is 0 Å². The number of carboxylic acids is 1. The van der Waals surface area contributed by atoms with Crippen LogP contribution in [-0.2, 0) is 20.7 Å². The molecular weight excluding hydrogens is 388 g/mol. The molecule has 0 aliphatic carbocycles. The SMILES string of the molecule is O=C(O)CCCOC(=O)/C=C/CCc1cc2cc3ccccc3cc2c2ccccc12. The molecule has 4 aromatic carbocycles. The molecule has 31 heavy (non-hydrogen) atoms. The van der Waals surface area contributed by atoms with Crippen LogP contribution in [0.25, 0.3) is 32.3 Å². The standard InChI is InChI=1S/C27H24O4/c28-26(29)13-7-15-31-27(30)14-6-3-10-21-17-22-16-19-8-1-2-9-20(19)18-25(22)24-12-5-4-11-23(21)24/h1-2,4-6,8-9,11-12,14,16-18H,3,7,10,13,15H2,(H,28,29)/b14-6+. The second-order valence-electron chi connectivity index (χ2n) is 7.61. The Bertz CT molecular complexity index is 1290. The molecule has 0 unspecified atom stereocenters. The van der Waals surface area contributed by atoms with Crippen molar-refractivity contribution in [2.75, 3.05) is 6.61 Å². The molecule has 0 aromatic heterocycles. The van der Waals surface area contributed by atoms with Crippen molar-refractivity contribution < 1.29 is 19.4 Å². The first-order valence-corrected chi connectivity index (χ1v) is 10.5. The monoisotopic (exact) mass is 412 g/mol. The van der Waals surface area contributed by atoms with Crippen LogP contribution in [0.4, 0.5) is 0 Å². The van der Waals surface area contributed by atoms with E-state index in [0.717, 1.165) is 6.42 Å². The summed E-state index contributed by atoms with van der Waals surface area (Å²) in [6.45, 7) is 0.124. The molecule has 0 bridgehead atoms. The zero-order chi connectivity index (χ0) is 21.6. The third-order valence-electron chi connectivity index (χ3n) is 5.42. The molecule has 1 N–H and O–H groups in total. The lowest BCUT2D eigenvalue weighted by atomic mass is 9.93. The van der Waals surface area contributed by atoms with Crippen LogP contribution in [0.1, 0.15) is 24.8 Å². The van der Waals surface area contributed by atoms with Crippen molar-refractivity contribution in [2.45, 2.75) is 25.7 Å². The first-order valence-electron chi connectivity index (χ1n) is 10.5. The first-order chi connectivity index (χ1) is 15.1. The van der Waals surface area contributed by atoms with Gasteiger partial charge in [0.25, 0.3) is 0 Å². The Morgan fingerprint density at radius 3 is 2.32 bits per heavy atom. The molecular formula is C27H24O4. The van der Waals surface area contributed by atoms with E-state index in [1.165, 1.54) is 44.0 Å². The highest BCUT2D eigenvalue weighted by atomic mass is 16.5. The van der Waals surface area contributed by atoms with E-state index in [2.05, 4.69) is 66.7 Å². The maximum atomic E-state index is 11.8. The Balaban J connectivity index is 1.51. The molecule has 4 nitrogen and oxygen atoms in total. The normalized spacial score (nSPS) is 11.5. The summed E-state index contributed by atoms with van der Waals surface area (Å²) in [6.07, 6.45) is 5.10. The van der Waals surface area contributed by atoms with Gasteiger partial charge in [0.15, 0.2) is 0 Å². The molecule has 4 aromatic rings. The van der Waals surface area contributed by atoms with Crippen LogP contribution in [0.2, 0.25) is 0 Å². The lowest BCUT2D eigenvalue weighted by Crippen LogP contribution is -2.04. The number of fused-ring (bicyclic) bond motifs is 4. The van der Waals surface area contributed by atoms with Gasteiger partial charge in [0.05, 0.1) is 6.61 Å². The molecule has 0 aliphatic rings. The molecule has 4 rings (SSSR count). The summed E-state index contributed by atoms with van der Waals surface area (Å²) in [7, 11) is 0. The van der Waals surface area contributed by atoms with Gasteiger partial charge in [-0.2, -0.15) is 0 Å². The highest BCUT2D eigenvalue weighted by molar-refractivity contribution is 6.13. The summed E-state index contributed by atoms with van der Waals surface area (Å²) in [5, 5.41) is 16.0. The number of allylic oxidation sites excluding steroid dienone is 1. The lowest BCUT2D eigenvalue weighted by Gasteiger charge is -2.11. The van der Waals surface area contributed by atoms with Crippen molar-refractivity contribution in [1.29, 1.82) is 0 Å². The Morgan fingerprint density at radius 2 is 1.55 bits per heavy atom. The van der Waals surface area contributed by atoms with Crippen LogP contribution in [0, 0.1) is 0 Å². The van der Waals surface area contributed by atoms with Gasteiger partial charge in [0, 0.05) is 12.5 Å². The smallest absolute Gasteiger partial charge is 0.330 e. The van der Waals surface area contributed by atoms with Crippen molar-refractivity contribution in [3.63, 3.8) is 0 Å². The van der Waals surface area contributed by atoms with E-state index in [4.69, 9.17) is 9.84 Å². The van der Waals surface area contributed by atoms with E-state index >= 15 is 0 Å². The number of aryl methyl sites for hydroxylation is 1. The van der Waals surface area contributed by atoms with Gasteiger partial charge in [-0.05, 0) is 69.3 Å². The minimum atomic E-state index is -0.887. The van der Waals surface area contributed by atoms with Crippen molar-refractivity contribution in [3.05, 3.63) is 84.4 Å². The van der Waals surface area contributed by atoms with Gasteiger partial charge in [0.1, 0.15) is 0 Å². The van der Waals surface area contributed by atoms with E-state index in [1.807, 2.05) is 6.08 Å². The summed E-state index contributed by atoms with van der Waals surface area (Å²) >= 11 is 0. The highest BCUT2D eigenvalue weighted by Gasteiger charge is 2.08. The maximum absolute atomic E-state index is 11.8. The van der Waals surface area contributed by atoms with Crippen LogP contribution in [0.3, 0.4) is 0 Å². The van der Waals surface area contributed by atoms with Gasteiger partial charge in [-0.25, -0.2) is 4.79 Å². The number of esters is 1. The van der Waals surface area contributed by atoms with Gasteiger partial charge in [0.2, 0.25) is 0 Å². The van der Waals surface area contributed by atoms with Crippen LogP contribution in [-0.4, -0.2) is 23.7 Å². The van der Waals surface area contributed by atoms with Crippen LogP contribution >= 0.6 is 0 Å². The van der Waals surface area contributed by atoms with Crippen molar-refractivity contribution in [3.8, 4) is 0 Å². The summed E-state index contributed by atoms with van der Waals surface area (Å²) in [6, 6.07) is 23.6. The fourth-order valence-electron chi connectivity index (χ4n) is 3.94. The molecule has 0 heterocycles. The first kappa shape index (κ1) is 20.6. The van der Waals surface area contributed by atoms with Gasteiger partial charge in [-0.3, -0.25) is 4.79 Å². The molecule has 0 fully saturated rings. The number of rotatable bonds is 8. The molecule has 4 heteroatoms. The zero-order valence-electron chi connectivity index (χ0n) is 17.2. The molecule has 0 saturated heterocycles. The Morgan fingerprint density at radius 1 is 0.839 bits per heavy atom. The Kier molecular flexibility index (Phi) is 6.27. The molecule has 0 radical (unpaired) electrons. The second-order valence-corrected chi connectivity index (χ2v) is 7.61. The van der Waals surface area contributed by atoms with Gasteiger partial charge < -0.3 is 9.84 Å². The van der Waals surface area contributed by atoms with E-state index < -0.39 is 11.9 Å².